The number of hydrogen-bond donors (Lipinski definition) is 0. The Bertz CT molecular complexity index is 833. The van der Waals surface area contributed by atoms with Crippen molar-refractivity contribution in [2.45, 2.75) is 13.0 Å². The third-order valence-electron chi connectivity index (χ3n) is 3.54. The van der Waals surface area contributed by atoms with Crippen molar-refractivity contribution in [3.63, 3.8) is 0 Å². The molecule has 3 aromatic rings. The number of halogens is 1. The fourth-order valence-electron chi connectivity index (χ4n) is 2.27. The van der Waals surface area contributed by atoms with E-state index in [0.29, 0.717) is 18.1 Å². The summed E-state index contributed by atoms with van der Waals surface area (Å²) >= 11 is 3.41. The fraction of sp³-hybridized carbons (Fsp3) is 0.167. The van der Waals surface area contributed by atoms with Crippen LogP contribution in [0.2, 0.25) is 0 Å². The lowest BCUT2D eigenvalue weighted by molar-refractivity contribution is -0.130. The third-order valence-corrected chi connectivity index (χ3v) is 4.04. The average Bonchev–Trinajstić information content (AvgIpc) is 3.04. The Morgan fingerprint density at radius 1 is 1.17 bits per heavy atom. The van der Waals surface area contributed by atoms with E-state index in [4.69, 9.17) is 4.52 Å². The third kappa shape index (κ3) is 4.08. The van der Waals surface area contributed by atoms with Crippen LogP contribution in [-0.2, 0) is 17.8 Å². The van der Waals surface area contributed by atoms with Crippen LogP contribution >= 0.6 is 15.9 Å². The first-order valence-electron chi connectivity index (χ1n) is 7.48. The Kier molecular flexibility index (Phi) is 5.05. The second-order valence-corrected chi connectivity index (χ2v) is 6.35. The molecule has 0 radical (unpaired) electrons. The molecule has 6 heteroatoms. The van der Waals surface area contributed by atoms with Gasteiger partial charge >= 0.3 is 0 Å². The molecule has 0 aliphatic rings. The highest BCUT2D eigenvalue weighted by Crippen LogP contribution is 2.16. The largest absolute Gasteiger partial charge is 0.337 e. The highest BCUT2D eigenvalue weighted by atomic mass is 79.9. The number of nitrogens with zero attached hydrogens (tertiary/aromatic N) is 3. The zero-order chi connectivity index (χ0) is 16.9. The van der Waals surface area contributed by atoms with E-state index in [1.54, 1.807) is 11.9 Å². The van der Waals surface area contributed by atoms with Gasteiger partial charge in [-0.05, 0) is 17.7 Å². The van der Waals surface area contributed by atoms with E-state index in [2.05, 4.69) is 26.1 Å². The fourth-order valence-corrected chi connectivity index (χ4v) is 2.72. The Morgan fingerprint density at radius 3 is 2.71 bits per heavy atom. The molecule has 5 nitrogen and oxygen atoms in total. The monoisotopic (exact) mass is 385 g/mol. The molecule has 0 bridgehead atoms. The molecule has 0 aliphatic heterocycles. The van der Waals surface area contributed by atoms with E-state index in [9.17, 15) is 4.79 Å². The molecule has 0 unspecified atom stereocenters. The lowest BCUT2D eigenvalue weighted by Crippen LogP contribution is -2.27. The van der Waals surface area contributed by atoms with Crippen LogP contribution in [0.25, 0.3) is 11.4 Å². The SMILES string of the molecule is CN(Cc1nc(-c2ccccc2)no1)C(=O)Cc1cccc(Br)c1. The molecule has 0 N–H and O–H groups in total. The van der Waals surface area contributed by atoms with Crippen LogP contribution < -0.4 is 0 Å². The van der Waals surface area contributed by atoms with Gasteiger partial charge in [-0.25, -0.2) is 0 Å². The summed E-state index contributed by atoms with van der Waals surface area (Å²) in [7, 11) is 1.73. The lowest BCUT2D eigenvalue weighted by Gasteiger charge is -2.14. The number of benzene rings is 2. The highest BCUT2D eigenvalue weighted by molar-refractivity contribution is 9.10. The van der Waals surface area contributed by atoms with Crippen LogP contribution in [0.5, 0.6) is 0 Å². The molecule has 0 atom stereocenters. The number of carbonyl (C=O) groups excluding carboxylic acids is 1. The van der Waals surface area contributed by atoms with Crippen LogP contribution in [0.3, 0.4) is 0 Å². The minimum atomic E-state index is -0.00689. The second-order valence-electron chi connectivity index (χ2n) is 5.43. The van der Waals surface area contributed by atoms with Crippen LogP contribution in [0, 0.1) is 0 Å². The van der Waals surface area contributed by atoms with Crippen molar-refractivity contribution < 1.29 is 9.32 Å². The quantitative estimate of drug-likeness (QED) is 0.671. The Hall–Kier alpha value is -2.47. The van der Waals surface area contributed by atoms with Gasteiger partial charge in [0.2, 0.25) is 17.6 Å². The summed E-state index contributed by atoms with van der Waals surface area (Å²) in [4.78, 5) is 18.3. The Balaban J connectivity index is 1.63. The predicted octanol–water partition coefficient (Wildman–Crippen LogP) is 3.70. The smallest absolute Gasteiger partial charge is 0.246 e. The maximum Gasteiger partial charge on any atom is 0.246 e. The van der Waals surface area contributed by atoms with Gasteiger partial charge in [-0.15, -0.1) is 0 Å². The first kappa shape index (κ1) is 16.4. The zero-order valence-electron chi connectivity index (χ0n) is 13.1. The topological polar surface area (TPSA) is 59.2 Å². The summed E-state index contributed by atoms with van der Waals surface area (Å²) in [5, 5.41) is 3.96. The Labute approximate surface area is 148 Å². The number of carbonyl (C=O) groups is 1. The summed E-state index contributed by atoms with van der Waals surface area (Å²) in [5.41, 5.74) is 1.84. The number of rotatable bonds is 5. The molecule has 0 saturated carbocycles. The van der Waals surface area contributed by atoms with E-state index >= 15 is 0 Å². The van der Waals surface area contributed by atoms with Gasteiger partial charge in [0.1, 0.15) is 0 Å². The number of aromatic nitrogens is 2. The summed E-state index contributed by atoms with van der Waals surface area (Å²) in [6.45, 7) is 0.284. The molecule has 0 saturated heterocycles. The van der Waals surface area contributed by atoms with Crippen molar-refractivity contribution in [1.29, 1.82) is 0 Å². The minimum absolute atomic E-state index is 0.00689. The normalized spacial score (nSPS) is 10.6. The van der Waals surface area contributed by atoms with Gasteiger partial charge in [-0.3, -0.25) is 4.79 Å². The van der Waals surface area contributed by atoms with Gasteiger partial charge in [0.05, 0.1) is 13.0 Å². The van der Waals surface area contributed by atoms with Gasteiger partial charge in [-0.2, -0.15) is 4.98 Å². The van der Waals surface area contributed by atoms with E-state index < -0.39 is 0 Å². The summed E-state index contributed by atoms with van der Waals surface area (Å²) in [6.07, 6.45) is 0.329. The van der Waals surface area contributed by atoms with Gasteiger partial charge in [0.15, 0.2) is 0 Å². The first-order chi connectivity index (χ1) is 11.6. The maximum atomic E-state index is 12.3. The molecular weight excluding hydrogens is 370 g/mol. The van der Waals surface area contributed by atoms with Gasteiger partial charge in [0.25, 0.3) is 0 Å². The van der Waals surface area contributed by atoms with Crippen molar-refractivity contribution in [2.24, 2.45) is 0 Å². The van der Waals surface area contributed by atoms with E-state index in [0.717, 1.165) is 15.6 Å². The molecule has 0 fully saturated rings. The van der Waals surface area contributed by atoms with E-state index in [1.165, 1.54) is 0 Å². The van der Waals surface area contributed by atoms with Crippen molar-refractivity contribution in [3.8, 4) is 11.4 Å². The molecular formula is C18H16BrN3O2. The molecule has 0 spiro atoms. The maximum absolute atomic E-state index is 12.3. The predicted molar refractivity (Wildman–Crippen MR) is 94.1 cm³/mol. The molecule has 1 amide bonds. The number of hydrogen-bond acceptors (Lipinski definition) is 4. The summed E-state index contributed by atoms with van der Waals surface area (Å²) in [6, 6.07) is 17.3. The van der Waals surface area contributed by atoms with Crippen LogP contribution in [0.15, 0.2) is 63.6 Å². The minimum Gasteiger partial charge on any atom is -0.337 e. The molecule has 0 aliphatic carbocycles. The van der Waals surface area contributed by atoms with Crippen molar-refractivity contribution in [3.05, 3.63) is 70.5 Å². The zero-order valence-corrected chi connectivity index (χ0v) is 14.7. The van der Waals surface area contributed by atoms with Crippen LogP contribution in [0.4, 0.5) is 0 Å². The van der Waals surface area contributed by atoms with E-state index in [-0.39, 0.29) is 12.5 Å². The molecule has 1 heterocycles. The standard InChI is InChI=1S/C18H16BrN3O2/c1-22(17(23)11-13-6-5-9-15(19)10-13)12-16-20-18(21-24-16)14-7-3-2-4-8-14/h2-10H,11-12H2,1H3. The van der Waals surface area contributed by atoms with Gasteiger partial charge in [-0.1, -0.05) is 63.6 Å². The molecule has 3 rings (SSSR count). The van der Waals surface area contributed by atoms with Crippen LogP contribution in [0.1, 0.15) is 11.5 Å². The van der Waals surface area contributed by atoms with Gasteiger partial charge < -0.3 is 9.42 Å². The lowest BCUT2D eigenvalue weighted by atomic mass is 10.1. The highest BCUT2D eigenvalue weighted by Gasteiger charge is 2.15. The molecule has 1 aromatic heterocycles. The van der Waals surface area contributed by atoms with Gasteiger partial charge in [0, 0.05) is 17.1 Å². The number of likely N-dealkylation sites (N-methyl/N-ethyl adjacent to an activating group) is 1. The number of amides is 1. The molecule has 122 valence electrons. The summed E-state index contributed by atoms with van der Waals surface area (Å²) in [5.74, 6) is 0.935. The molecule has 2 aromatic carbocycles. The van der Waals surface area contributed by atoms with Crippen LogP contribution in [-0.4, -0.2) is 28.0 Å². The van der Waals surface area contributed by atoms with Crippen molar-refractivity contribution >= 4 is 21.8 Å². The first-order valence-corrected chi connectivity index (χ1v) is 8.27. The average molecular weight is 386 g/mol. The van der Waals surface area contributed by atoms with E-state index in [1.807, 2.05) is 54.6 Å². The Morgan fingerprint density at radius 2 is 1.96 bits per heavy atom. The summed E-state index contributed by atoms with van der Waals surface area (Å²) < 4.78 is 6.20. The van der Waals surface area contributed by atoms with Crippen molar-refractivity contribution in [2.75, 3.05) is 7.05 Å². The molecule has 24 heavy (non-hydrogen) atoms. The van der Waals surface area contributed by atoms with Crippen molar-refractivity contribution in [1.82, 2.24) is 15.0 Å². The second kappa shape index (κ2) is 7.40.